The number of halogens is 9. The summed E-state index contributed by atoms with van der Waals surface area (Å²) in [6.45, 7) is -0.683. The molecule has 2 aromatic carbocycles. The zero-order valence-corrected chi connectivity index (χ0v) is 22.3. The Balaban J connectivity index is 1.60. The summed E-state index contributed by atoms with van der Waals surface area (Å²) < 4.78 is 146. The van der Waals surface area contributed by atoms with Gasteiger partial charge in [-0.15, -0.1) is 5.10 Å². The highest BCUT2D eigenvalue weighted by atomic mass is 32.2. The number of rotatable bonds is 6. The Morgan fingerprint density at radius 3 is 1.88 bits per heavy atom. The Kier molecular flexibility index (Phi) is 8.40. The van der Waals surface area contributed by atoms with Crippen LogP contribution in [-0.2, 0) is 27.2 Å². The first-order valence-electron chi connectivity index (χ1n) is 12.2. The number of aromatic nitrogens is 3. The van der Waals surface area contributed by atoms with Crippen molar-refractivity contribution in [1.29, 1.82) is 0 Å². The Morgan fingerprint density at radius 2 is 1.42 bits per heavy atom. The molecule has 0 spiro atoms. The van der Waals surface area contributed by atoms with E-state index in [9.17, 15) is 52.7 Å². The maximum Gasteiger partial charge on any atom is 0.416 e. The summed E-state index contributed by atoms with van der Waals surface area (Å²) in [5, 5.41) is 3.82. The first-order valence-corrected chi connectivity index (χ1v) is 13.6. The summed E-state index contributed by atoms with van der Waals surface area (Å²) >= 11 is 0. The highest BCUT2D eigenvalue weighted by Crippen LogP contribution is 2.38. The Morgan fingerprint density at radius 1 is 0.884 bits per heavy atom. The average molecular weight is 642 g/mol. The largest absolute Gasteiger partial charge is 0.416 e. The Hall–Kier alpha value is -3.93. The van der Waals surface area contributed by atoms with Crippen LogP contribution in [0, 0.1) is 5.92 Å². The molecule has 2 N–H and O–H groups in total. The molecule has 0 unspecified atom stereocenters. The third kappa shape index (κ3) is 7.18. The predicted molar refractivity (Wildman–Crippen MR) is 133 cm³/mol. The highest BCUT2D eigenvalue weighted by molar-refractivity contribution is 7.89. The molecule has 1 aliphatic rings. The smallest absolute Gasteiger partial charge is 0.366 e. The molecular weight excluding hydrogens is 621 g/mol. The van der Waals surface area contributed by atoms with Gasteiger partial charge in [-0.25, -0.2) is 18.1 Å². The summed E-state index contributed by atoms with van der Waals surface area (Å²) in [4.78, 5) is 15.6. The molecule has 0 bridgehead atoms. The number of carbonyl (C=O) groups excluding carboxylic acids is 1. The van der Waals surface area contributed by atoms with Crippen molar-refractivity contribution in [3.8, 4) is 11.4 Å². The van der Waals surface area contributed by atoms with E-state index in [2.05, 4.69) is 10.1 Å². The van der Waals surface area contributed by atoms with E-state index in [1.165, 1.54) is 12.1 Å². The van der Waals surface area contributed by atoms with E-state index in [-0.39, 0.29) is 35.2 Å². The SMILES string of the molecule is NC(=O)/C(=C/n1cnc(-c2cc(C(F)(F)F)cc(C(F)(F)F)c2)n1)c1ccc(S(=O)(=O)N2CCC(C(F)(F)F)CC2)cc1. The van der Waals surface area contributed by atoms with Crippen LogP contribution in [0.4, 0.5) is 39.5 Å². The lowest BCUT2D eigenvalue weighted by atomic mass is 9.98. The van der Waals surface area contributed by atoms with Gasteiger partial charge in [-0.2, -0.15) is 43.8 Å². The van der Waals surface area contributed by atoms with Crippen molar-refractivity contribution in [3.63, 3.8) is 0 Å². The van der Waals surface area contributed by atoms with E-state index in [4.69, 9.17) is 5.73 Å². The third-order valence-electron chi connectivity index (χ3n) is 6.60. The lowest BCUT2D eigenvalue weighted by Gasteiger charge is -2.32. The highest BCUT2D eigenvalue weighted by Gasteiger charge is 2.43. The number of primary amides is 1. The van der Waals surface area contributed by atoms with Crippen LogP contribution >= 0.6 is 0 Å². The molecule has 8 nitrogen and oxygen atoms in total. The van der Waals surface area contributed by atoms with Crippen molar-refractivity contribution < 1.29 is 52.7 Å². The molecule has 1 aliphatic heterocycles. The lowest BCUT2D eigenvalue weighted by Crippen LogP contribution is -2.42. The van der Waals surface area contributed by atoms with E-state index < -0.39 is 75.7 Å². The van der Waals surface area contributed by atoms with Gasteiger partial charge in [0.15, 0.2) is 5.82 Å². The summed E-state index contributed by atoms with van der Waals surface area (Å²) in [7, 11) is -4.17. The van der Waals surface area contributed by atoms with Gasteiger partial charge in [0.1, 0.15) is 6.33 Å². The fourth-order valence-electron chi connectivity index (χ4n) is 4.35. The van der Waals surface area contributed by atoms with Crippen LogP contribution in [0.25, 0.3) is 23.2 Å². The number of sulfonamides is 1. The topological polar surface area (TPSA) is 111 Å². The lowest BCUT2D eigenvalue weighted by molar-refractivity contribution is -0.182. The van der Waals surface area contributed by atoms with Crippen LogP contribution < -0.4 is 5.73 Å². The third-order valence-corrected chi connectivity index (χ3v) is 8.51. The van der Waals surface area contributed by atoms with Crippen molar-refractivity contribution >= 4 is 27.7 Å². The molecule has 2 heterocycles. The molecule has 1 amide bonds. The van der Waals surface area contributed by atoms with Crippen molar-refractivity contribution in [2.75, 3.05) is 13.1 Å². The van der Waals surface area contributed by atoms with Gasteiger partial charge in [0, 0.05) is 24.9 Å². The maximum atomic E-state index is 13.2. The number of alkyl halides is 9. The molecule has 4 rings (SSSR count). The summed E-state index contributed by atoms with van der Waals surface area (Å²) in [5.74, 6) is -3.20. The van der Waals surface area contributed by atoms with Gasteiger partial charge in [0.25, 0.3) is 5.91 Å². The van der Waals surface area contributed by atoms with E-state index >= 15 is 0 Å². The van der Waals surface area contributed by atoms with Crippen molar-refractivity contribution in [2.24, 2.45) is 11.7 Å². The van der Waals surface area contributed by atoms with Gasteiger partial charge in [0.05, 0.1) is 27.5 Å². The minimum Gasteiger partial charge on any atom is -0.366 e. The van der Waals surface area contributed by atoms with Crippen LogP contribution in [-0.4, -0.2) is 52.7 Å². The molecule has 1 saturated heterocycles. The maximum absolute atomic E-state index is 13.2. The van der Waals surface area contributed by atoms with E-state index in [0.717, 1.165) is 33.6 Å². The molecule has 0 radical (unpaired) electrons. The number of carbonyl (C=O) groups is 1. The monoisotopic (exact) mass is 641 g/mol. The molecule has 0 atom stereocenters. The van der Waals surface area contributed by atoms with Gasteiger partial charge >= 0.3 is 18.5 Å². The first kappa shape index (κ1) is 32.0. The number of hydrogen-bond acceptors (Lipinski definition) is 5. The normalized spacial score (nSPS) is 16.4. The van der Waals surface area contributed by atoms with Gasteiger partial charge in [-0.05, 0) is 48.7 Å². The average Bonchev–Trinajstić information content (AvgIpc) is 3.39. The fraction of sp³-hybridized carbons (Fsp3) is 0.320. The molecule has 0 aliphatic carbocycles. The summed E-state index contributed by atoms with van der Waals surface area (Å²) in [5.41, 5.74) is 1.42. The second-order valence-electron chi connectivity index (χ2n) is 9.49. The molecule has 232 valence electrons. The minimum atomic E-state index is -5.10. The van der Waals surface area contributed by atoms with Crippen molar-refractivity contribution in [3.05, 3.63) is 65.5 Å². The van der Waals surface area contributed by atoms with E-state index in [1.807, 2.05) is 0 Å². The van der Waals surface area contributed by atoms with Crippen LogP contribution in [0.5, 0.6) is 0 Å². The van der Waals surface area contributed by atoms with E-state index in [0.29, 0.717) is 12.1 Å². The van der Waals surface area contributed by atoms with E-state index in [1.54, 1.807) is 0 Å². The number of piperidine rings is 1. The standard InChI is InChI=1S/C25H20F9N5O3S/c26-23(27,28)16-5-7-39(8-6-16)43(41,42)19-3-1-14(2-4-19)20(21(35)40)12-38-13-36-22(37-38)15-9-17(24(29,30)31)11-18(10-15)25(32,33)34/h1-4,9-13,16H,5-8H2,(H2,35,40)/b20-12+. The van der Waals surface area contributed by atoms with Gasteiger partial charge in [-0.1, -0.05) is 12.1 Å². The molecule has 18 heteroatoms. The van der Waals surface area contributed by atoms with Crippen molar-refractivity contribution in [1.82, 2.24) is 19.1 Å². The zero-order chi connectivity index (χ0) is 32.0. The van der Waals surface area contributed by atoms with Crippen LogP contribution in [0.15, 0.2) is 53.7 Å². The molecule has 3 aromatic rings. The van der Waals surface area contributed by atoms with Crippen LogP contribution in [0.2, 0.25) is 0 Å². The second-order valence-corrected chi connectivity index (χ2v) is 11.4. The Bertz CT molecular complexity index is 1600. The second kappa shape index (κ2) is 11.3. The molecule has 1 aromatic heterocycles. The van der Waals surface area contributed by atoms with Crippen LogP contribution in [0.1, 0.15) is 29.5 Å². The molecule has 43 heavy (non-hydrogen) atoms. The number of amides is 1. The van der Waals surface area contributed by atoms with Gasteiger partial charge in [0.2, 0.25) is 10.0 Å². The van der Waals surface area contributed by atoms with Crippen LogP contribution in [0.3, 0.4) is 0 Å². The minimum absolute atomic E-state index is 0.0534. The zero-order valence-electron chi connectivity index (χ0n) is 21.5. The number of hydrogen-bond donors (Lipinski definition) is 1. The van der Waals surface area contributed by atoms with Gasteiger partial charge < -0.3 is 5.73 Å². The van der Waals surface area contributed by atoms with Gasteiger partial charge in [-0.3, -0.25) is 4.79 Å². The predicted octanol–water partition coefficient (Wildman–Crippen LogP) is 5.43. The molecule has 0 saturated carbocycles. The summed E-state index contributed by atoms with van der Waals surface area (Å²) in [6, 6.07) is 5.38. The summed E-state index contributed by atoms with van der Waals surface area (Å²) in [6.07, 6.45) is -13.6. The molecule has 1 fully saturated rings. The fourth-order valence-corrected chi connectivity index (χ4v) is 5.81. The number of nitrogens with two attached hydrogens (primary N) is 1. The Labute approximate surface area is 237 Å². The number of nitrogens with zero attached hydrogens (tertiary/aromatic N) is 4. The molecular formula is C25H20F9N5O3S. The quantitative estimate of drug-likeness (QED) is 0.285. The number of benzene rings is 2. The first-order chi connectivity index (χ1) is 19.8. The van der Waals surface area contributed by atoms with Crippen molar-refractivity contribution in [2.45, 2.75) is 36.3 Å².